The minimum atomic E-state index is 0. The molecule has 0 N–H and O–H groups in total. The minimum Gasteiger partial charge on any atom is -0.185 e. The normalized spacial score (nSPS) is 9.59. The van der Waals surface area contributed by atoms with Gasteiger partial charge < -0.3 is 14.9 Å². The van der Waals surface area contributed by atoms with Crippen molar-refractivity contribution in [3.8, 4) is 20.9 Å². The fourth-order valence-electron chi connectivity index (χ4n) is 3.47. The van der Waals surface area contributed by atoms with Gasteiger partial charge in [-0.05, 0) is 20.5 Å². The Morgan fingerprint density at radius 3 is 1.31 bits per heavy atom. The third-order valence-electron chi connectivity index (χ3n) is 4.85. The molecule has 0 aliphatic heterocycles. The van der Waals surface area contributed by atoms with E-state index in [9.17, 15) is 0 Å². The van der Waals surface area contributed by atoms with Gasteiger partial charge in [0.25, 0.3) is 0 Å². The number of benzene rings is 2. The van der Waals surface area contributed by atoms with Crippen molar-refractivity contribution in [2.45, 2.75) is 0 Å². The molecule has 0 bridgehead atoms. The van der Waals surface area contributed by atoms with E-state index in [2.05, 4.69) is 115 Å². The van der Waals surface area contributed by atoms with Crippen LogP contribution in [0.3, 0.4) is 0 Å². The topological polar surface area (TPSA) is 0 Å². The van der Waals surface area contributed by atoms with Gasteiger partial charge in [0.05, 0.1) is 0 Å². The molecule has 4 aromatic carbocycles. The summed E-state index contributed by atoms with van der Waals surface area (Å²) in [7, 11) is 0. The number of thiophene rings is 2. The molecule has 0 aliphatic carbocycles. The molecule has 160 valence electrons. The number of hydrogen-bond acceptors (Lipinski definition) is 2. The molecule has 0 nitrogen and oxygen atoms in total. The van der Waals surface area contributed by atoms with Crippen LogP contribution in [0.15, 0.2) is 108 Å². The summed E-state index contributed by atoms with van der Waals surface area (Å²) < 4.78 is 0. The van der Waals surface area contributed by atoms with Crippen LogP contribution in [0, 0.1) is 14.9 Å². The van der Waals surface area contributed by atoms with Crippen LogP contribution in [0.4, 0.5) is 0 Å². The molecule has 2 radical (unpaired) electrons. The second-order valence-electron chi connectivity index (χ2n) is 6.70. The Hall–Kier alpha value is -1.84. The van der Waals surface area contributed by atoms with E-state index in [0.29, 0.717) is 0 Å². The van der Waals surface area contributed by atoms with Crippen LogP contribution in [0.5, 0.6) is 0 Å². The maximum atomic E-state index is 3.06. The van der Waals surface area contributed by atoms with Gasteiger partial charge in [-0.3, -0.25) is 0 Å². The Balaban J connectivity index is 0.000000199. The third-order valence-corrected chi connectivity index (χ3v) is 6.69. The molecule has 0 saturated heterocycles. The molecule has 2 heterocycles. The molecule has 0 fully saturated rings. The summed E-state index contributed by atoms with van der Waals surface area (Å²) in [5.41, 5.74) is 2.67. The van der Waals surface area contributed by atoms with Crippen molar-refractivity contribution in [2.75, 3.05) is 0 Å². The van der Waals surface area contributed by atoms with E-state index in [1.165, 1.54) is 65.8 Å². The molecule has 6 rings (SSSR count). The molecule has 2 aromatic heterocycles. The average Bonchev–Trinajstić information content (AvgIpc) is 3.60. The summed E-state index contributed by atoms with van der Waals surface area (Å²) in [4.78, 5) is 2.70. The zero-order valence-electron chi connectivity index (χ0n) is 18.2. The molecule has 0 aliphatic rings. The molecular weight excluding hydrogens is 520 g/mol. The number of hydrogen-bond donors (Lipinski definition) is 0. The van der Waals surface area contributed by atoms with Gasteiger partial charge in [0.2, 0.25) is 0 Å². The summed E-state index contributed by atoms with van der Waals surface area (Å²) in [6.07, 6.45) is 0. The smallest absolute Gasteiger partial charge is 0.0174 e. The third kappa shape index (κ3) is 6.14. The zero-order chi connectivity index (χ0) is 20.8. The summed E-state index contributed by atoms with van der Waals surface area (Å²) in [5.74, 6) is 0. The van der Waals surface area contributed by atoms with Crippen molar-refractivity contribution in [1.82, 2.24) is 0 Å². The first-order chi connectivity index (χ1) is 14.9. The first-order valence-corrected chi connectivity index (χ1v) is 15.5. The van der Waals surface area contributed by atoms with Gasteiger partial charge in [-0.1, -0.05) is 60.7 Å². The van der Waals surface area contributed by atoms with Crippen LogP contribution >= 0.6 is 22.7 Å². The maximum Gasteiger partial charge on any atom is -0.0174 e. The molecule has 0 saturated carbocycles. The Bertz CT molecular complexity index is 1150. The van der Waals surface area contributed by atoms with Gasteiger partial charge in [-0.2, -0.15) is 22.7 Å². The average molecular weight is 544 g/mol. The van der Waals surface area contributed by atoms with Crippen molar-refractivity contribution in [1.29, 1.82) is 0 Å². The molecule has 6 aromatic rings. The molecule has 0 amide bonds. The Morgan fingerprint density at radius 1 is 0.562 bits per heavy atom. The van der Waals surface area contributed by atoms with Crippen LogP contribution in [0.25, 0.3) is 42.4 Å². The largest absolute Gasteiger partial charge is 0.185 e. The van der Waals surface area contributed by atoms with Gasteiger partial charge in [-0.15, -0.1) is 69.1 Å². The molecule has 32 heavy (non-hydrogen) atoms. The van der Waals surface area contributed by atoms with Crippen molar-refractivity contribution in [3.05, 3.63) is 123 Å². The monoisotopic (exact) mass is 542 g/mol. The molecule has 4 heteroatoms. The number of fused-ring (bicyclic) bond motifs is 2. The van der Waals surface area contributed by atoms with Crippen LogP contribution in [-0.2, 0) is 23.3 Å². The Labute approximate surface area is 216 Å². The second kappa shape index (κ2) is 13.0. The van der Waals surface area contributed by atoms with E-state index in [4.69, 9.17) is 0 Å². The van der Waals surface area contributed by atoms with Crippen molar-refractivity contribution < 1.29 is 23.3 Å². The van der Waals surface area contributed by atoms with Gasteiger partial charge in [0.1, 0.15) is 0 Å². The Kier molecular flexibility index (Phi) is 10.7. The van der Waals surface area contributed by atoms with Gasteiger partial charge in [0, 0.05) is 0 Å². The van der Waals surface area contributed by atoms with Crippen molar-refractivity contribution >= 4 is 51.1 Å². The molecular formula is C28H24S2SiZr-4. The van der Waals surface area contributed by atoms with Gasteiger partial charge >= 0.3 is 30.2 Å². The minimum absolute atomic E-state index is 0. The second-order valence-corrected chi connectivity index (χ2v) is 8.60. The van der Waals surface area contributed by atoms with Crippen LogP contribution < -0.4 is 0 Å². The van der Waals surface area contributed by atoms with Gasteiger partial charge in [0.15, 0.2) is 0 Å². The summed E-state index contributed by atoms with van der Waals surface area (Å²) in [6.45, 7) is 3.06. The van der Waals surface area contributed by atoms with E-state index in [1.807, 2.05) is 0 Å². The standard InChI is InChI=1S/2C13H9S.2CH3.Si.Zr/c2*1-2-5-11-9-12(8-10(11)4-1)13-6-3-7-14-13;;;;/h2*1-9H;2*1H3;;/q4*-1;;. The SMILES string of the molecule is [CH3-].[CH3-].[Si]=[Zr].c1csc(-c2cc3ccccc3[cH-]2)c1.c1csc(-c2cc3ccccc3[cH-]2)c1. The predicted molar refractivity (Wildman–Crippen MR) is 144 cm³/mol. The predicted octanol–water partition coefficient (Wildman–Crippen LogP) is 9.09. The maximum absolute atomic E-state index is 3.06. The van der Waals surface area contributed by atoms with Crippen LogP contribution in [0.1, 0.15) is 0 Å². The first-order valence-electron chi connectivity index (χ1n) is 9.50. The number of rotatable bonds is 2. The van der Waals surface area contributed by atoms with E-state index >= 15 is 0 Å². The van der Waals surface area contributed by atoms with E-state index < -0.39 is 0 Å². The molecule has 0 spiro atoms. The molecule has 0 atom stereocenters. The van der Waals surface area contributed by atoms with E-state index in [-0.39, 0.29) is 14.9 Å². The van der Waals surface area contributed by atoms with Crippen LogP contribution in [-0.4, -0.2) is 6.88 Å². The summed E-state index contributed by atoms with van der Waals surface area (Å²) in [6, 6.07) is 34.5. The first kappa shape index (κ1) is 26.4. The summed E-state index contributed by atoms with van der Waals surface area (Å²) in [5, 5.41) is 9.55. The van der Waals surface area contributed by atoms with Crippen molar-refractivity contribution in [2.24, 2.45) is 0 Å². The fraction of sp³-hybridized carbons (Fsp3) is 0. The zero-order valence-corrected chi connectivity index (χ0v) is 23.3. The van der Waals surface area contributed by atoms with Crippen molar-refractivity contribution in [3.63, 3.8) is 0 Å². The Morgan fingerprint density at radius 2 is 0.969 bits per heavy atom. The van der Waals surface area contributed by atoms with Gasteiger partial charge in [-0.25, -0.2) is 0 Å². The quantitative estimate of drug-likeness (QED) is 0.151. The fourth-order valence-corrected chi connectivity index (χ4v) is 4.90. The van der Waals surface area contributed by atoms with E-state index in [1.54, 1.807) is 22.7 Å². The summed E-state index contributed by atoms with van der Waals surface area (Å²) >= 11 is 4.94. The van der Waals surface area contributed by atoms with E-state index in [0.717, 1.165) is 0 Å². The molecule has 0 unspecified atom stereocenters. The van der Waals surface area contributed by atoms with Crippen LogP contribution in [0.2, 0.25) is 0 Å².